The first-order chi connectivity index (χ1) is 25.8. The van der Waals surface area contributed by atoms with Crippen LogP contribution in [0.4, 0.5) is 4.79 Å². The zero-order valence-corrected chi connectivity index (χ0v) is 36.8. The lowest BCUT2D eigenvalue weighted by atomic mass is 9.82. The van der Waals surface area contributed by atoms with E-state index in [4.69, 9.17) is 113 Å². The molecule has 2 rings (SSSR count). The van der Waals surface area contributed by atoms with Crippen molar-refractivity contribution in [2.24, 2.45) is 29.6 Å². The molecule has 22 heteroatoms. The van der Waals surface area contributed by atoms with Gasteiger partial charge in [-0.3, -0.25) is 24.6 Å². The molecule has 11 atom stereocenters. The Morgan fingerprint density at radius 2 is 1.25 bits per heavy atom. The van der Waals surface area contributed by atoms with Crippen LogP contribution in [0.2, 0.25) is 0 Å². The monoisotopic (exact) mass is 919 g/mol. The summed E-state index contributed by atoms with van der Waals surface area (Å²) in [4.78, 5) is 57.8. The number of carbonyl (C=O) groups excluding carboxylic acids is 5. The van der Waals surface area contributed by atoms with Crippen LogP contribution in [-0.2, 0) is 57.1 Å². The molecule has 2 saturated heterocycles. The minimum Gasteiger partial charge on any atom is -0.463 e. The molecule has 2 fully saturated rings. The van der Waals surface area contributed by atoms with Crippen LogP contribution >= 0.6 is 69.6 Å². The van der Waals surface area contributed by atoms with Gasteiger partial charge in [-0.1, -0.05) is 110 Å². The first-order valence-corrected chi connectivity index (χ1v) is 19.6. The van der Waals surface area contributed by atoms with Gasteiger partial charge in [0.05, 0.1) is 36.8 Å². The second-order valence-corrected chi connectivity index (χ2v) is 18.1. The smallest absolute Gasteiger partial charge is 0.407 e. The SMILES string of the molecule is C=CCOC(=O)[C@@H](C)COC1OC(COC(C)=O)[C@@H](C)[C@H](C)[C@@H]1NC(C)=O.CC(=O)OCC1OC(OC(=N)C(Cl)(Cl)Cl)[C@@H](NC(=O)OCC(Cl)(Cl)Cl)[C@@H](C)[C@@H]1C. The van der Waals surface area contributed by atoms with Gasteiger partial charge >= 0.3 is 24.0 Å². The Morgan fingerprint density at radius 3 is 1.68 bits per heavy atom. The van der Waals surface area contributed by atoms with Crippen LogP contribution < -0.4 is 10.6 Å². The number of alkyl carbamates (subject to hydrolysis) is 1. The third-order valence-corrected chi connectivity index (χ3v) is 9.68. The van der Waals surface area contributed by atoms with Crippen LogP contribution in [0.25, 0.3) is 0 Å². The number of hydrogen-bond donors (Lipinski definition) is 3. The molecule has 0 radical (unpaired) electrons. The Labute approximate surface area is 356 Å². The van der Waals surface area contributed by atoms with Crippen LogP contribution in [0.1, 0.15) is 55.4 Å². The summed E-state index contributed by atoms with van der Waals surface area (Å²) in [5, 5.41) is 13.2. The van der Waals surface area contributed by atoms with Crippen LogP contribution in [0.3, 0.4) is 0 Å². The molecule has 16 nitrogen and oxygen atoms in total. The van der Waals surface area contributed by atoms with E-state index in [2.05, 4.69) is 17.2 Å². The van der Waals surface area contributed by atoms with E-state index in [1.807, 2.05) is 20.8 Å². The summed E-state index contributed by atoms with van der Waals surface area (Å²) in [7, 11) is 0. The van der Waals surface area contributed by atoms with E-state index >= 15 is 0 Å². The molecular formula is C34H51Cl6N3O13. The molecule has 322 valence electrons. The fourth-order valence-corrected chi connectivity index (χ4v) is 5.64. The second-order valence-electron chi connectivity index (χ2n) is 13.3. The fraction of sp³-hybridized carbons (Fsp3) is 0.765. The van der Waals surface area contributed by atoms with Crippen molar-refractivity contribution in [1.82, 2.24) is 10.6 Å². The molecule has 0 bridgehead atoms. The van der Waals surface area contributed by atoms with Gasteiger partial charge in [0.2, 0.25) is 21.9 Å². The van der Waals surface area contributed by atoms with Gasteiger partial charge in [-0.05, 0) is 30.6 Å². The van der Waals surface area contributed by atoms with E-state index in [0.29, 0.717) is 0 Å². The standard InChI is InChI=1S/C19H31NO7.C15H20Cl6N2O6/c1-7-8-24-18(23)11(2)9-26-19-17(20-14(5)21)13(4)12(3)16(27-19)10-25-15(6)22;1-6-7(2)10(23-13(25)27-5-14(16,17)18)11(29-12(22)15(19,20)21)28-9(6)4-26-8(3)24/h7,11-13,16-17,19H,1,8-10H2,2-6H3,(H,20,21);6-7,9-11,22H,4-5H2,1-3H3,(H,23,25)/t11-,12-,13-,16?,17-,19?;6-,7-,9?,10-,11?/m00/s1. The Bertz CT molecular complexity index is 1350. The van der Waals surface area contributed by atoms with E-state index < -0.39 is 74.7 Å². The first kappa shape index (κ1) is 52.0. The molecule has 0 aromatic rings. The van der Waals surface area contributed by atoms with E-state index in [9.17, 15) is 24.0 Å². The maximum Gasteiger partial charge on any atom is 0.407 e. The predicted octanol–water partition coefficient (Wildman–Crippen LogP) is 5.81. The molecule has 2 heterocycles. The molecule has 0 aromatic heterocycles. The van der Waals surface area contributed by atoms with Crippen molar-refractivity contribution in [3.63, 3.8) is 0 Å². The van der Waals surface area contributed by atoms with Gasteiger partial charge in [-0.2, -0.15) is 0 Å². The Morgan fingerprint density at radius 1 is 0.768 bits per heavy atom. The van der Waals surface area contributed by atoms with Crippen molar-refractivity contribution >= 4 is 105 Å². The fourth-order valence-electron chi connectivity index (χ4n) is 5.35. The molecule has 0 saturated carbocycles. The van der Waals surface area contributed by atoms with Crippen LogP contribution in [-0.4, -0.2) is 113 Å². The van der Waals surface area contributed by atoms with Gasteiger partial charge in [0.25, 0.3) is 3.79 Å². The van der Waals surface area contributed by atoms with Crippen molar-refractivity contribution in [2.75, 3.05) is 33.0 Å². The zero-order valence-electron chi connectivity index (χ0n) is 32.2. The molecule has 2 aliphatic rings. The van der Waals surface area contributed by atoms with Crippen LogP contribution in [0.5, 0.6) is 0 Å². The molecule has 3 N–H and O–H groups in total. The van der Waals surface area contributed by atoms with Crippen molar-refractivity contribution < 1.29 is 61.9 Å². The number of carbonyl (C=O) groups is 5. The lowest BCUT2D eigenvalue weighted by molar-refractivity contribution is -0.247. The molecular weight excluding hydrogens is 871 g/mol. The number of rotatable bonds is 14. The summed E-state index contributed by atoms with van der Waals surface area (Å²) < 4.78 is 38.9. The normalized spacial score (nSPS) is 28.2. The summed E-state index contributed by atoms with van der Waals surface area (Å²) in [6.07, 6.45) is -2.40. The van der Waals surface area contributed by atoms with Gasteiger partial charge in [0, 0.05) is 20.8 Å². The van der Waals surface area contributed by atoms with Gasteiger partial charge in [0.15, 0.2) is 6.29 Å². The topological polar surface area (TPSA) is 207 Å². The van der Waals surface area contributed by atoms with Crippen molar-refractivity contribution in [1.29, 1.82) is 5.41 Å². The minimum atomic E-state index is -2.15. The Kier molecular flexibility index (Phi) is 22.4. The lowest BCUT2D eigenvalue weighted by Crippen LogP contribution is -2.59. The highest BCUT2D eigenvalue weighted by atomic mass is 35.6. The van der Waals surface area contributed by atoms with Gasteiger partial charge < -0.3 is 48.5 Å². The quantitative estimate of drug-likeness (QED) is 0.0471. The maximum absolute atomic E-state index is 12.1. The summed E-state index contributed by atoms with van der Waals surface area (Å²) in [6.45, 7) is 16.5. The average Bonchev–Trinajstić information content (AvgIpc) is 3.09. The average molecular weight is 923 g/mol. The van der Waals surface area contributed by atoms with Crippen LogP contribution in [0, 0.1) is 35.0 Å². The van der Waals surface area contributed by atoms with Crippen molar-refractivity contribution in [2.45, 2.75) is 99.8 Å². The Balaban J connectivity index is 0.000000561. The summed E-state index contributed by atoms with van der Waals surface area (Å²) in [5.74, 6) is -3.17. The van der Waals surface area contributed by atoms with E-state index in [0.717, 1.165) is 0 Å². The van der Waals surface area contributed by atoms with Crippen molar-refractivity contribution in [3.8, 4) is 0 Å². The first-order valence-electron chi connectivity index (χ1n) is 17.3. The summed E-state index contributed by atoms with van der Waals surface area (Å²) >= 11 is 33.7. The minimum absolute atomic E-state index is 0.0104. The molecule has 56 heavy (non-hydrogen) atoms. The second kappa shape index (κ2) is 24.2. The maximum atomic E-state index is 12.1. The number of esters is 3. The summed E-state index contributed by atoms with van der Waals surface area (Å²) in [5.41, 5.74) is 0. The highest BCUT2D eigenvalue weighted by molar-refractivity contribution is 6.76. The zero-order chi connectivity index (χ0) is 43.1. The summed E-state index contributed by atoms with van der Waals surface area (Å²) in [6, 6.07) is -1.21. The van der Waals surface area contributed by atoms with Crippen LogP contribution in [0.15, 0.2) is 12.7 Å². The number of ether oxygens (including phenoxy) is 8. The number of hydrogen-bond acceptors (Lipinski definition) is 14. The van der Waals surface area contributed by atoms with E-state index in [1.165, 1.54) is 26.8 Å². The van der Waals surface area contributed by atoms with Crippen molar-refractivity contribution in [3.05, 3.63) is 12.7 Å². The number of alkyl halides is 6. The largest absolute Gasteiger partial charge is 0.463 e. The molecule has 0 aromatic carbocycles. The van der Waals surface area contributed by atoms with Gasteiger partial charge in [-0.25, -0.2) is 4.79 Å². The number of nitrogens with one attached hydrogen (secondary N) is 3. The lowest BCUT2D eigenvalue weighted by Gasteiger charge is -2.44. The number of amides is 2. The Hall–Kier alpha value is -2.02. The highest BCUT2D eigenvalue weighted by Crippen LogP contribution is 2.35. The van der Waals surface area contributed by atoms with E-state index in [1.54, 1.807) is 13.8 Å². The molecule has 4 unspecified atom stereocenters. The highest BCUT2D eigenvalue weighted by Gasteiger charge is 2.47. The third-order valence-electron chi connectivity index (χ3n) is 8.84. The molecule has 0 aliphatic carbocycles. The van der Waals surface area contributed by atoms with E-state index in [-0.39, 0.29) is 68.2 Å². The number of halogens is 6. The van der Waals surface area contributed by atoms with Gasteiger partial charge in [0.1, 0.15) is 26.4 Å². The molecule has 2 aliphatic heterocycles. The molecule has 0 spiro atoms. The van der Waals surface area contributed by atoms with Gasteiger partial charge in [-0.15, -0.1) is 0 Å². The predicted molar refractivity (Wildman–Crippen MR) is 209 cm³/mol. The molecule has 2 amide bonds. The third kappa shape index (κ3) is 18.7.